The van der Waals surface area contributed by atoms with Crippen LogP contribution in [0.3, 0.4) is 0 Å². The molecular formula is C30H45NO. The summed E-state index contributed by atoms with van der Waals surface area (Å²) < 4.78 is 5.72. The molecule has 0 spiro atoms. The first-order chi connectivity index (χ1) is 15.8. The summed E-state index contributed by atoms with van der Waals surface area (Å²) >= 11 is 0. The predicted molar refractivity (Wildman–Crippen MR) is 137 cm³/mol. The largest absolute Gasteiger partial charge is 0.492 e. The first kappa shape index (κ1) is 24.8. The van der Waals surface area contributed by atoms with Crippen LogP contribution in [0.15, 0.2) is 42.6 Å². The maximum Gasteiger partial charge on any atom is 0.137 e. The Morgan fingerprint density at radius 2 is 1.44 bits per heavy atom. The van der Waals surface area contributed by atoms with Crippen molar-refractivity contribution in [2.24, 2.45) is 11.8 Å². The topological polar surface area (TPSA) is 22.1 Å². The number of rotatable bonds is 14. The normalized spacial score (nSPS) is 18.6. The van der Waals surface area contributed by atoms with E-state index in [0.717, 1.165) is 42.7 Å². The highest BCUT2D eigenvalue weighted by atomic mass is 16.5. The molecule has 1 saturated carbocycles. The van der Waals surface area contributed by atoms with Crippen molar-refractivity contribution in [2.45, 2.75) is 104 Å². The van der Waals surface area contributed by atoms with E-state index in [9.17, 15) is 0 Å². The molecule has 1 heterocycles. The summed E-state index contributed by atoms with van der Waals surface area (Å²) in [5.41, 5.74) is 3.67. The lowest BCUT2D eigenvalue weighted by Crippen LogP contribution is -2.15. The standard InChI is InChI=1S/C30H45NO/c1-3-5-7-8-9-10-25-11-13-26(14-12-25)15-16-27-17-19-28(20-18-27)30-22-21-29(24-31-30)32-23-6-4-2/h17-22,24-26H,3-16,23H2,1-2H3. The molecule has 2 nitrogen and oxygen atoms in total. The molecule has 0 atom stereocenters. The van der Waals surface area contributed by atoms with Crippen LogP contribution in [0.25, 0.3) is 11.3 Å². The Hall–Kier alpha value is -1.83. The van der Waals surface area contributed by atoms with E-state index in [2.05, 4.69) is 49.2 Å². The van der Waals surface area contributed by atoms with Crippen molar-refractivity contribution < 1.29 is 4.74 Å². The van der Waals surface area contributed by atoms with Crippen molar-refractivity contribution in [3.63, 3.8) is 0 Å². The van der Waals surface area contributed by atoms with Gasteiger partial charge in [0, 0.05) is 5.56 Å². The molecular weight excluding hydrogens is 390 g/mol. The van der Waals surface area contributed by atoms with Crippen LogP contribution in [0.5, 0.6) is 5.75 Å². The summed E-state index contributed by atoms with van der Waals surface area (Å²) in [5.74, 6) is 2.82. The summed E-state index contributed by atoms with van der Waals surface area (Å²) in [6, 6.07) is 13.1. The molecule has 1 aliphatic rings. The van der Waals surface area contributed by atoms with E-state index in [-0.39, 0.29) is 0 Å². The van der Waals surface area contributed by atoms with Gasteiger partial charge in [0.25, 0.3) is 0 Å². The number of hydrogen-bond donors (Lipinski definition) is 0. The van der Waals surface area contributed by atoms with E-state index in [4.69, 9.17) is 4.74 Å². The predicted octanol–water partition coefficient (Wildman–Crippen LogP) is 9.03. The number of pyridine rings is 1. The Labute approximate surface area is 197 Å². The summed E-state index contributed by atoms with van der Waals surface area (Å²) in [7, 11) is 0. The third-order valence-corrected chi connectivity index (χ3v) is 7.28. The number of unbranched alkanes of at least 4 members (excludes halogenated alkanes) is 5. The lowest BCUT2D eigenvalue weighted by atomic mass is 9.77. The summed E-state index contributed by atoms with van der Waals surface area (Å²) in [4.78, 5) is 4.59. The van der Waals surface area contributed by atoms with Crippen molar-refractivity contribution in [3.05, 3.63) is 48.2 Å². The van der Waals surface area contributed by atoms with Gasteiger partial charge in [-0.25, -0.2) is 0 Å². The molecule has 32 heavy (non-hydrogen) atoms. The number of nitrogens with zero attached hydrogens (tertiary/aromatic N) is 1. The third kappa shape index (κ3) is 8.60. The Balaban J connectivity index is 1.35. The van der Waals surface area contributed by atoms with Crippen LogP contribution < -0.4 is 4.74 Å². The Morgan fingerprint density at radius 1 is 0.750 bits per heavy atom. The SMILES string of the molecule is CCCCCCCC1CCC(CCc2ccc(-c3ccc(OCCCC)cn3)cc2)CC1. The molecule has 2 aromatic rings. The number of ether oxygens (including phenoxy) is 1. The van der Waals surface area contributed by atoms with Gasteiger partial charge in [0.05, 0.1) is 18.5 Å². The molecule has 0 saturated heterocycles. The summed E-state index contributed by atoms with van der Waals surface area (Å²) in [6.45, 7) is 5.25. The minimum Gasteiger partial charge on any atom is -0.492 e. The molecule has 0 bridgehead atoms. The summed E-state index contributed by atoms with van der Waals surface area (Å²) in [5, 5.41) is 0. The lowest BCUT2D eigenvalue weighted by molar-refractivity contribution is 0.248. The van der Waals surface area contributed by atoms with E-state index in [1.807, 2.05) is 12.3 Å². The molecule has 0 unspecified atom stereocenters. The maximum atomic E-state index is 5.72. The highest BCUT2D eigenvalue weighted by molar-refractivity contribution is 5.59. The second kappa shape index (κ2) is 14.3. The fourth-order valence-electron chi connectivity index (χ4n) is 5.03. The minimum absolute atomic E-state index is 0.771. The second-order valence-electron chi connectivity index (χ2n) is 9.91. The third-order valence-electron chi connectivity index (χ3n) is 7.28. The van der Waals surface area contributed by atoms with Crippen LogP contribution in [0.4, 0.5) is 0 Å². The van der Waals surface area contributed by atoms with Crippen LogP contribution in [-0.4, -0.2) is 11.6 Å². The van der Waals surface area contributed by atoms with Crippen LogP contribution in [0.2, 0.25) is 0 Å². The number of aryl methyl sites for hydroxylation is 1. The fourth-order valence-corrected chi connectivity index (χ4v) is 5.03. The molecule has 1 fully saturated rings. The van der Waals surface area contributed by atoms with Gasteiger partial charge in [0.15, 0.2) is 0 Å². The van der Waals surface area contributed by atoms with Crippen LogP contribution >= 0.6 is 0 Å². The molecule has 1 aromatic carbocycles. The molecule has 0 aliphatic heterocycles. The van der Waals surface area contributed by atoms with E-state index in [1.165, 1.54) is 88.2 Å². The maximum absolute atomic E-state index is 5.72. The quantitative estimate of drug-likeness (QED) is 0.276. The van der Waals surface area contributed by atoms with Gasteiger partial charge in [0.1, 0.15) is 5.75 Å². The zero-order valence-electron chi connectivity index (χ0n) is 20.7. The number of hydrogen-bond acceptors (Lipinski definition) is 2. The van der Waals surface area contributed by atoms with E-state index >= 15 is 0 Å². The Bertz CT molecular complexity index is 728. The molecule has 0 N–H and O–H groups in total. The van der Waals surface area contributed by atoms with Gasteiger partial charge in [-0.3, -0.25) is 4.98 Å². The zero-order valence-corrected chi connectivity index (χ0v) is 20.7. The highest BCUT2D eigenvalue weighted by Gasteiger charge is 2.20. The van der Waals surface area contributed by atoms with E-state index in [1.54, 1.807) is 0 Å². The van der Waals surface area contributed by atoms with Crippen molar-refractivity contribution in [3.8, 4) is 17.0 Å². The Kier molecular flexibility index (Phi) is 11.1. The average Bonchev–Trinajstić information content (AvgIpc) is 2.84. The Morgan fingerprint density at radius 3 is 2.09 bits per heavy atom. The van der Waals surface area contributed by atoms with Gasteiger partial charge in [-0.05, 0) is 48.8 Å². The minimum atomic E-state index is 0.771. The number of aromatic nitrogens is 1. The van der Waals surface area contributed by atoms with E-state index in [0.29, 0.717) is 0 Å². The van der Waals surface area contributed by atoms with Crippen molar-refractivity contribution in [2.75, 3.05) is 6.61 Å². The average molecular weight is 436 g/mol. The fraction of sp³-hybridized carbons (Fsp3) is 0.633. The van der Waals surface area contributed by atoms with Gasteiger partial charge in [0.2, 0.25) is 0 Å². The van der Waals surface area contributed by atoms with Crippen molar-refractivity contribution in [1.29, 1.82) is 0 Å². The van der Waals surface area contributed by atoms with Gasteiger partial charge in [-0.2, -0.15) is 0 Å². The molecule has 1 aliphatic carbocycles. The molecule has 2 heteroatoms. The zero-order chi connectivity index (χ0) is 22.4. The molecule has 0 radical (unpaired) electrons. The van der Waals surface area contributed by atoms with Gasteiger partial charge in [-0.1, -0.05) is 109 Å². The van der Waals surface area contributed by atoms with Crippen molar-refractivity contribution >= 4 is 0 Å². The molecule has 176 valence electrons. The lowest BCUT2D eigenvalue weighted by Gasteiger charge is -2.28. The van der Waals surface area contributed by atoms with Gasteiger partial charge >= 0.3 is 0 Å². The number of benzene rings is 1. The van der Waals surface area contributed by atoms with Gasteiger partial charge in [-0.15, -0.1) is 0 Å². The first-order valence-electron chi connectivity index (χ1n) is 13.5. The van der Waals surface area contributed by atoms with Gasteiger partial charge < -0.3 is 4.74 Å². The first-order valence-corrected chi connectivity index (χ1v) is 13.5. The highest BCUT2D eigenvalue weighted by Crippen LogP contribution is 2.34. The second-order valence-corrected chi connectivity index (χ2v) is 9.91. The molecule has 3 rings (SSSR count). The summed E-state index contributed by atoms with van der Waals surface area (Å²) in [6.07, 6.45) is 21.1. The molecule has 1 aromatic heterocycles. The smallest absolute Gasteiger partial charge is 0.137 e. The monoisotopic (exact) mass is 435 g/mol. The van der Waals surface area contributed by atoms with Crippen LogP contribution in [0, 0.1) is 11.8 Å². The van der Waals surface area contributed by atoms with E-state index < -0.39 is 0 Å². The van der Waals surface area contributed by atoms with Crippen LogP contribution in [0.1, 0.15) is 103 Å². The molecule has 0 amide bonds. The van der Waals surface area contributed by atoms with Crippen LogP contribution in [-0.2, 0) is 6.42 Å². The van der Waals surface area contributed by atoms with Crippen molar-refractivity contribution in [1.82, 2.24) is 4.98 Å².